The van der Waals surface area contributed by atoms with E-state index in [9.17, 15) is 9.90 Å². The third-order valence-corrected chi connectivity index (χ3v) is 9.36. The minimum atomic E-state index is -1.97. The van der Waals surface area contributed by atoms with Gasteiger partial charge in [-0.1, -0.05) is 55.0 Å². The van der Waals surface area contributed by atoms with Crippen LogP contribution in [0.15, 0.2) is 12.2 Å². The summed E-state index contributed by atoms with van der Waals surface area (Å²) in [6.45, 7) is 22.8. The highest BCUT2D eigenvalue weighted by Crippen LogP contribution is 2.39. The first kappa shape index (κ1) is 21.5. The SMILES string of the molecule is C=C([C@H](O[Si](C)(C)C(C)(C)C)C(C)C)[C@H](O)[C@@H](C)C(=O)CC. The van der Waals surface area contributed by atoms with Gasteiger partial charge in [0.05, 0.1) is 12.2 Å². The largest absolute Gasteiger partial charge is 0.410 e. The Bertz CT molecular complexity index is 394. The summed E-state index contributed by atoms with van der Waals surface area (Å²) in [6.07, 6.45) is -0.631. The van der Waals surface area contributed by atoms with Crippen LogP contribution in [-0.4, -0.2) is 31.4 Å². The second-order valence-electron chi connectivity index (χ2n) is 8.17. The van der Waals surface area contributed by atoms with E-state index in [4.69, 9.17) is 4.43 Å². The molecular formula is C18H36O3Si. The summed E-state index contributed by atoms with van der Waals surface area (Å²) in [5, 5.41) is 10.6. The topological polar surface area (TPSA) is 46.5 Å². The lowest BCUT2D eigenvalue weighted by Gasteiger charge is -2.42. The van der Waals surface area contributed by atoms with Crippen molar-refractivity contribution in [1.82, 2.24) is 0 Å². The Hall–Kier alpha value is -0.453. The minimum Gasteiger partial charge on any atom is -0.410 e. The average molecular weight is 329 g/mol. The molecule has 0 aromatic heterocycles. The number of aliphatic hydroxyl groups excluding tert-OH is 1. The predicted octanol–water partition coefficient (Wildman–Crippen LogP) is 4.57. The monoisotopic (exact) mass is 328 g/mol. The van der Waals surface area contributed by atoms with E-state index < -0.39 is 20.3 Å². The van der Waals surface area contributed by atoms with Gasteiger partial charge in [0.25, 0.3) is 0 Å². The van der Waals surface area contributed by atoms with Crippen LogP contribution in [0.5, 0.6) is 0 Å². The molecule has 0 saturated carbocycles. The van der Waals surface area contributed by atoms with Crippen molar-refractivity contribution in [3.8, 4) is 0 Å². The van der Waals surface area contributed by atoms with Crippen LogP contribution in [-0.2, 0) is 9.22 Å². The van der Waals surface area contributed by atoms with Gasteiger partial charge < -0.3 is 9.53 Å². The molecule has 3 atom stereocenters. The van der Waals surface area contributed by atoms with Gasteiger partial charge >= 0.3 is 0 Å². The molecule has 130 valence electrons. The first-order chi connectivity index (χ1) is 9.76. The molecule has 0 aromatic rings. The lowest BCUT2D eigenvalue weighted by molar-refractivity contribution is -0.124. The second-order valence-corrected chi connectivity index (χ2v) is 12.9. The maximum absolute atomic E-state index is 11.9. The summed E-state index contributed by atoms with van der Waals surface area (Å²) in [6, 6.07) is 0. The van der Waals surface area contributed by atoms with Crippen LogP contribution >= 0.6 is 0 Å². The van der Waals surface area contributed by atoms with Crippen LogP contribution in [0, 0.1) is 11.8 Å². The molecule has 0 saturated heterocycles. The molecule has 0 aromatic carbocycles. The van der Waals surface area contributed by atoms with Crippen LogP contribution in [0.2, 0.25) is 18.1 Å². The first-order valence-corrected chi connectivity index (χ1v) is 11.2. The van der Waals surface area contributed by atoms with Crippen molar-refractivity contribution in [2.24, 2.45) is 11.8 Å². The van der Waals surface area contributed by atoms with Gasteiger partial charge in [0, 0.05) is 12.3 Å². The summed E-state index contributed by atoms with van der Waals surface area (Å²) in [5.41, 5.74) is 0.633. The Labute approximate surface area is 138 Å². The van der Waals surface area contributed by atoms with E-state index in [1.54, 1.807) is 6.92 Å². The molecule has 0 aliphatic heterocycles. The third kappa shape index (κ3) is 5.32. The van der Waals surface area contributed by atoms with E-state index in [2.05, 4.69) is 54.3 Å². The molecule has 4 heteroatoms. The molecule has 0 bridgehead atoms. The Kier molecular flexibility index (Phi) is 7.73. The van der Waals surface area contributed by atoms with Crippen molar-refractivity contribution in [2.75, 3.05) is 0 Å². The first-order valence-electron chi connectivity index (χ1n) is 8.33. The van der Waals surface area contributed by atoms with Gasteiger partial charge in [-0.2, -0.15) is 0 Å². The highest BCUT2D eigenvalue weighted by molar-refractivity contribution is 6.74. The Morgan fingerprint density at radius 3 is 2.00 bits per heavy atom. The van der Waals surface area contributed by atoms with Crippen molar-refractivity contribution >= 4 is 14.1 Å². The molecule has 0 rings (SSSR count). The van der Waals surface area contributed by atoms with E-state index >= 15 is 0 Å². The summed E-state index contributed by atoms with van der Waals surface area (Å²) in [5.74, 6) is -0.162. The van der Waals surface area contributed by atoms with Gasteiger partial charge in [-0.05, 0) is 29.6 Å². The molecule has 0 aliphatic rings. The summed E-state index contributed by atoms with van der Waals surface area (Å²) < 4.78 is 6.48. The molecule has 0 aliphatic carbocycles. The maximum Gasteiger partial charge on any atom is 0.192 e. The third-order valence-electron chi connectivity index (χ3n) is 4.91. The number of aliphatic hydroxyl groups is 1. The van der Waals surface area contributed by atoms with Crippen molar-refractivity contribution in [3.63, 3.8) is 0 Å². The predicted molar refractivity (Wildman–Crippen MR) is 96.5 cm³/mol. The van der Waals surface area contributed by atoms with Gasteiger partial charge in [-0.3, -0.25) is 4.79 Å². The number of rotatable bonds is 8. The second kappa shape index (κ2) is 7.89. The van der Waals surface area contributed by atoms with Crippen LogP contribution < -0.4 is 0 Å². The van der Waals surface area contributed by atoms with Gasteiger partial charge in [0.1, 0.15) is 5.78 Å². The summed E-state index contributed by atoms with van der Waals surface area (Å²) in [7, 11) is -1.97. The molecule has 0 spiro atoms. The van der Waals surface area contributed by atoms with E-state index in [0.717, 1.165) is 0 Å². The molecule has 3 nitrogen and oxygen atoms in total. The number of Topliss-reactive ketones (excluding diaryl/α,β-unsaturated/α-hetero) is 1. The Morgan fingerprint density at radius 1 is 1.23 bits per heavy atom. The van der Waals surface area contributed by atoms with Gasteiger partial charge in [0.2, 0.25) is 0 Å². The average Bonchev–Trinajstić information content (AvgIpc) is 2.39. The highest BCUT2D eigenvalue weighted by Gasteiger charge is 2.41. The Morgan fingerprint density at radius 2 is 1.68 bits per heavy atom. The zero-order valence-corrected chi connectivity index (χ0v) is 17.0. The molecule has 0 amide bonds. The van der Waals surface area contributed by atoms with Crippen molar-refractivity contribution in [2.45, 2.75) is 85.2 Å². The maximum atomic E-state index is 11.9. The molecule has 0 heterocycles. The normalized spacial score (nSPS) is 17.2. The van der Waals surface area contributed by atoms with Gasteiger partial charge in [-0.15, -0.1) is 0 Å². The molecule has 22 heavy (non-hydrogen) atoms. The fourth-order valence-electron chi connectivity index (χ4n) is 2.12. The molecule has 0 fully saturated rings. The quantitative estimate of drug-likeness (QED) is 0.524. The number of carbonyl (C=O) groups is 1. The minimum absolute atomic E-state index is 0.0588. The number of hydrogen-bond acceptors (Lipinski definition) is 3. The smallest absolute Gasteiger partial charge is 0.192 e. The fraction of sp³-hybridized carbons (Fsp3) is 0.833. The van der Waals surface area contributed by atoms with Crippen LogP contribution in [0.4, 0.5) is 0 Å². The van der Waals surface area contributed by atoms with Gasteiger partial charge in [0.15, 0.2) is 8.32 Å². The number of carbonyl (C=O) groups excluding carboxylic acids is 1. The molecular weight excluding hydrogens is 292 g/mol. The summed E-state index contributed by atoms with van der Waals surface area (Å²) in [4.78, 5) is 11.9. The van der Waals surface area contributed by atoms with E-state index in [0.29, 0.717) is 12.0 Å². The number of ketones is 1. The van der Waals surface area contributed by atoms with Crippen molar-refractivity contribution in [1.29, 1.82) is 0 Å². The lowest BCUT2D eigenvalue weighted by atomic mass is 9.87. The molecule has 0 unspecified atom stereocenters. The molecule has 0 radical (unpaired) electrons. The lowest BCUT2D eigenvalue weighted by Crippen LogP contribution is -2.47. The fourth-order valence-corrected chi connectivity index (χ4v) is 3.53. The highest BCUT2D eigenvalue weighted by atomic mass is 28.4. The zero-order valence-electron chi connectivity index (χ0n) is 16.0. The van der Waals surface area contributed by atoms with Gasteiger partial charge in [-0.25, -0.2) is 0 Å². The van der Waals surface area contributed by atoms with Crippen molar-refractivity contribution < 1.29 is 14.3 Å². The number of hydrogen-bond donors (Lipinski definition) is 1. The summed E-state index contributed by atoms with van der Waals surface area (Å²) >= 11 is 0. The van der Waals surface area contributed by atoms with E-state index in [1.807, 2.05) is 6.92 Å². The van der Waals surface area contributed by atoms with Crippen LogP contribution in [0.1, 0.15) is 54.9 Å². The molecule has 1 N–H and O–H groups in total. The van der Waals surface area contributed by atoms with Crippen LogP contribution in [0.25, 0.3) is 0 Å². The van der Waals surface area contributed by atoms with E-state index in [-0.39, 0.29) is 22.8 Å². The zero-order chi connectivity index (χ0) is 17.9. The van der Waals surface area contributed by atoms with Crippen molar-refractivity contribution in [3.05, 3.63) is 12.2 Å². The van der Waals surface area contributed by atoms with Crippen LogP contribution in [0.3, 0.4) is 0 Å². The van der Waals surface area contributed by atoms with E-state index in [1.165, 1.54) is 0 Å². The standard InChI is InChI=1S/C18H36O3Si/c1-11-15(19)13(4)16(20)14(5)17(12(2)3)21-22(9,10)18(6,7)8/h12-13,16-17,20H,5,11H2,1-4,6-10H3/t13-,16+,17+/m0/s1. The Balaban J connectivity index is 5.27.